The van der Waals surface area contributed by atoms with E-state index in [-0.39, 0.29) is 10.8 Å². The third-order valence-electron chi connectivity index (χ3n) is 1.29. The van der Waals surface area contributed by atoms with E-state index in [1.807, 2.05) is 0 Å². The predicted octanol–water partition coefficient (Wildman–Crippen LogP) is 2.57. The first-order chi connectivity index (χ1) is 6.15. The van der Waals surface area contributed by atoms with Crippen LogP contribution in [0.3, 0.4) is 0 Å². The number of para-hydroxylation sites is 1. The molecule has 0 bridgehead atoms. The highest BCUT2D eigenvalue weighted by Gasteiger charge is 2.10. The van der Waals surface area contributed by atoms with E-state index in [0.717, 1.165) is 12.1 Å². The highest BCUT2D eigenvalue weighted by Crippen LogP contribution is 2.27. The van der Waals surface area contributed by atoms with E-state index in [2.05, 4.69) is 11.3 Å². The second kappa shape index (κ2) is 4.05. The van der Waals surface area contributed by atoms with Crippen LogP contribution in [-0.2, 0) is 4.79 Å². The molecule has 0 N–H and O–H groups in total. The van der Waals surface area contributed by atoms with Gasteiger partial charge in [0.1, 0.15) is 0 Å². The SMILES string of the molecule is C=CC(=O)Oc1c(F)cccc1Cl. The largest absolute Gasteiger partial charge is 0.419 e. The fraction of sp³-hybridized carbons (Fsp3) is 0. The molecule has 0 aromatic heterocycles. The van der Waals surface area contributed by atoms with Crippen molar-refractivity contribution in [2.75, 3.05) is 0 Å². The van der Waals surface area contributed by atoms with E-state index in [9.17, 15) is 9.18 Å². The Kier molecular flexibility index (Phi) is 3.03. The maximum absolute atomic E-state index is 13.0. The van der Waals surface area contributed by atoms with Crippen molar-refractivity contribution < 1.29 is 13.9 Å². The van der Waals surface area contributed by atoms with Crippen LogP contribution < -0.4 is 4.74 Å². The molecule has 0 saturated heterocycles. The van der Waals surface area contributed by atoms with Gasteiger partial charge in [0.15, 0.2) is 11.6 Å². The first kappa shape index (κ1) is 9.74. The summed E-state index contributed by atoms with van der Waals surface area (Å²) in [5.74, 6) is -1.69. The fourth-order valence-electron chi connectivity index (χ4n) is 0.722. The second-order valence-electron chi connectivity index (χ2n) is 2.18. The van der Waals surface area contributed by atoms with Crippen LogP contribution in [0.4, 0.5) is 4.39 Å². The summed E-state index contributed by atoms with van der Waals surface area (Å²) in [6, 6.07) is 4.00. The monoisotopic (exact) mass is 200 g/mol. The number of benzene rings is 1. The van der Waals surface area contributed by atoms with Gasteiger partial charge in [-0.1, -0.05) is 24.2 Å². The number of hydrogen-bond donors (Lipinski definition) is 0. The van der Waals surface area contributed by atoms with Crippen LogP contribution in [0, 0.1) is 5.82 Å². The van der Waals surface area contributed by atoms with Gasteiger partial charge in [-0.05, 0) is 12.1 Å². The van der Waals surface area contributed by atoms with Gasteiger partial charge in [0.05, 0.1) is 5.02 Å². The average Bonchev–Trinajstić information content (AvgIpc) is 2.11. The molecule has 1 rings (SSSR count). The highest BCUT2D eigenvalue weighted by molar-refractivity contribution is 6.32. The van der Waals surface area contributed by atoms with Crippen molar-refractivity contribution in [2.24, 2.45) is 0 Å². The minimum absolute atomic E-state index is 0.0511. The molecule has 13 heavy (non-hydrogen) atoms. The van der Waals surface area contributed by atoms with Crippen LogP contribution in [0.2, 0.25) is 5.02 Å². The molecule has 0 heterocycles. The summed E-state index contributed by atoms with van der Waals surface area (Å²) in [4.78, 5) is 10.7. The minimum Gasteiger partial charge on any atom is -0.419 e. The highest BCUT2D eigenvalue weighted by atomic mass is 35.5. The Hall–Kier alpha value is -1.35. The number of hydrogen-bond acceptors (Lipinski definition) is 2. The number of esters is 1. The normalized spacial score (nSPS) is 9.38. The smallest absolute Gasteiger partial charge is 0.335 e. The standard InChI is InChI=1S/C9H6ClFO2/c1-2-8(12)13-9-6(10)4-3-5-7(9)11/h2-5H,1H2. The summed E-state index contributed by atoms with van der Waals surface area (Å²) < 4.78 is 17.5. The Balaban J connectivity index is 2.99. The lowest BCUT2D eigenvalue weighted by Crippen LogP contribution is -2.04. The van der Waals surface area contributed by atoms with Gasteiger partial charge >= 0.3 is 5.97 Å². The summed E-state index contributed by atoms with van der Waals surface area (Å²) in [7, 11) is 0. The molecule has 0 radical (unpaired) electrons. The van der Waals surface area contributed by atoms with Crippen LogP contribution in [0.1, 0.15) is 0 Å². The predicted molar refractivity (Wildman–Crippen MR) is 47.2 cm³/mol. The number of halogens is 2. The van der Waals surface area contributed by atoms with Gasteiger partial charge in [-0.15, -0.1) is 0 Å². The van der Waals surface area contributed by atoms with E-state index in [0.29, 0.717) is 0 Å². The second-order valence-corrected chi connectivity index (χ2v) is 2.58. The molecule has 1 aromatic carbocycles. The van der Waals surface area contributed by atoms with Crippen molar-refractivity contribution in [1.29, 1.82) is 0 Å². The zero-order valence-electron chi connectivity index (χ0n) is 6.59. The van der Waals surface area contributed by atoms with Crippen molar-refractivity contribution in [3.05, 3.63) is 41.7 Å². The molecule has 0 saturated carbocycles. The van der Waals surface area contributed by atoms with Gasteiger partial charge in [-0.2, -0.15) is 0 Å². The number of ether oxygens (including phenoxy) is 1. The van der Waals surface area contributed by atoms with Crippen LogP contribution in [0.25, 0.3) is 0 Å². The first-order valence-corrected chi connectivity index (χ1v) is 3.81. The molecule has 0 spiro atoms. The molecule has 0 aliphatic heterocycles. The van der Waals surface area contributed by atoms with Crippen LogP contribution >= 0.6 is 11.6 Å². The van der Waals surface area contributed by atoms with Gasteiger partial charge in [0.2, 0.25) is 0 Å². The number of rotatable bonds is 2. The summed E-state index contributed by atoms with van der Waals surface area (Å²) in [6.07, 6.45) is 0.933. The molecule has 0 amide bonds. The third kappa shape index (κ3) is 2.29. The van der Waals surface area contributed by atoms with Gasteiger partial charge < -0.3 is 4.74 Å². The van der Waals surface area contributed by atoms with Gasteiger partial charge in [-0.25, -0.2) is 9.18 Å². The van der Waals surface area contributed by atoms with E-state index < -0.39 is 11.8 Å². The topological polar surface area (TPSA) is 26.3 Å². The lowest BCUT2D eigenvalue weighted by molar-refractivity contribution is -0.129. The van der Waals surface area contributed by atoms with Crippen molar-refractivity contribution in [3.8, 4) is 5.75 Å². The van der Waals surface area contributed by atoms with Crippen LogP contribution in [0.15, 0.2) is 30.9 Å². The van der Waals surface area contributed by atoms with Crippen molar-refractivity contribution >= 4 is 17.6 Å². The fourth-order valence-corrected chi connectivity index (χ4v) is 0.924. The van der Waals surface area contributed by atoms with E-state index in [1.165, 1.54) is 12.1 Å². The molecule has 0 atom stereocenters. The van der Waals surface area contributed by atoms with Crippen molar-refractivity contribution in [2.45, 2.75) is 0 Å². The molecule has 1 aromatic rings. The molecule has 4 heteroatoms. The van der Waals surface area contributed by atoms with E-state index >= 15 is 0 Å². The van der Waals surface area contributed by atoms with Crippen molar-refractivity contribution in [1.82, 2.24) is 0 Å². The van der Waals surface area contributed by atoms with Crippen LogP contribution in [-0.4, -0.2) is 5.97 Å². The van der Waals surface area contributed by atoms with Gasteiger partial charge in [-0.3, -0.25) is 0 Å². The van der Waals surface area contributed by atoms with Crippen LogP contribution in [0.5, 0.6) is 5.75 Å². The van der Waals surface area contributed by atoms with Gasteiger partial charge in [0.25, 0.3) is 0 Å². The molecule has 68 valence electrons. The Morgan fingerprint density at radius 3 is 2.85 bits per heavy atom. The molecule has 0 aliphatic rings. The quantitative estimate of drug-likeness (QED) is 0.417. The summed E-state index contributed by atoms with van der Waals surface area (Å²) >= 11 is 5.58. The molecule has 0 fully saturated rings. The van der Waals surface area contributed by atoms with Gasteiger partial charge in [0, 0.05) is 6.08 Å². The zero-order valence-corrected chi connectivity index (χ0v) is 7.34. The third-order valence-corrected chi connectivity index (χ3v) is 1.59. The Morgan fingerprint density at radius 1 is 1.62 bits per heavy atom. The Bertz CT molecular complexity index is 329. The zero-order chi connectivity index (χ0) is 9.84. The Morgan fingerprint density at radius 2 is 2.31 bits per heavy atom. The molecule has 2 nitrogen and oxygen atoms in total. The maximum Gasteiger partial charge on any atom is 0.335 e. The molecular formula is C9H6ClFO2. The first-order valence-electron chi connectivity index (χ1n) is 3.43. The molecule has 0 aliphatic carbocycles. The summed E-state index contributed by atoms with van der Waals surface area (Å²) in [6.45, 7) is 3.18. The van der Waals surface area contributed by atoms with E-state index in [1.54, 1.807) is 0 Å². The molecule has 0 unspecified atom stereocenters. The molecular weight excluding hydrogens is 195 g/mol. The number of carbonyl (C=O) groups is 1. The van der Waals surface area contributed by atoms with E-state index in [4.69, 9.17) is 11.6 Å². The lowest BCUT2D eigenvalue weighted by Gasteiger charge is -2.03. The Labute approximate surface area is 79.6 Å². The summed E-state index contributed by atoms with van der Waals surface area (Å²) in [5, 5.41) is 0.0511. The summed E-state index contributed by atoms with van der Waals surface area (Å²) in [5.41, 5.74) is 0. The minimum atomic E-state index is -0.744. The maximum atomic E-state index is 13.0. The number of carbonyl (C=O) groups excluding carboxylic acids is 1. The van der Waals surface area contributed by atoms with Crippen molar-refractivity contribution in [3.63, 3.8) is 0 Å². The average molecular weight is 201 g/mol. The lowest BCUT2D eigenvalue weighted by atomic mass is 10.3.